The minimum absolute atomic E-state index is 0.255. The topological polar surface area (TPSA) is 42.1 Å². The van der Waals surface area contributed by atoms with E-state index in [-0.39, 0.29) is 6.04 Å². The number of nitrogens with two attached hydrogens (primary N) is 1. The largest absolute Gasteiger partial charge is 0.329 e. The quantitative estimate of drug-likeness (QED) is 0.915. The Bertz CT molecular complexity index is 563. The predicted octanol–water partition coefficient (Wildman–Crippen LogP) is 2.88. The standard InChI is InChI=1S/C16H23N3/c1-11(2)19(4)16(10-17)14-7-8-15-13(9-14)6-5-12(3)18-15/h5-9,11,16H,10,17H2,1-4H3. The van der Waals surface area contributed by atoms with Crippen molar-refractivity contribution in [2.45, 2.75) is 32.9 Å². The summed E-state index contributed by atoms with van der Waals surface area (Å²) in [4.78, 5) is 6.85. The molecule has 0 aliphatic heterocycles. The zero-order chi connectivity index (χ0) is 14.0. The third kappa shape index (κ3) is 2.94. The molecule has 2 N–H and O–H groups in total. The van der Waals surface area contributed by atoms with Gasteiger partial charge in [0.05, 0.1) is 5.52 Å². The Morgan fingerprint density at radius 1 is 1.21 bits per heavy atom. The van der Waals surface area contributed by atoms with Crippen LogP contribution in [0, 0.1) is 6.92 Å². The van der Waals surface area contributed by atoms with Crippen LogP contribution in [-0.2, 0) is 0 Å². The summed E-state index contributed by atoms with van der Waals surface area (Å²) in [6.07, 6.45) is 0. The van der Waals surface area contributed by atoms with Crippen molar-refractivity contribution in [2.75, 3.05) is 13.6 Å². The second-order valence-electron chi connectivity index (χ2n) is 5.42. The molecule has 19 heavy (non-hydrogen) atoms. The number of hydrogen-bond acceptors (Lipinski definition) is 3. The molecule has 3 heteroatoms. The molecule has 2 rings (SSSR count). The van der Waals surface area contributed by atoms with Gasteiger partial charge in [-0.3, -0.25) is 9.88 Å². The van der Waals surface area contributed by atoms with Crippen molar-refractivity contribution in [3.05, 3.63) is 41.6 Å². The summed E-state index contributed by atoms with van der Waals surface area (Å²) in [7, 11) is 2.12. The molecule has 2 aromatic rings. The maximum Gasteiger partial charge on any atom is 0.0705 e. The molecule has 1 atom stereocenters. The maximum absolute atomic E-state index is 5.95. The van der Waals surface area contributed by atoms with E-state index in [0.29, 0.717) is 12.6 Å². The predicted molar refractivity (Wildman–Crippen MR) is 81.2 cm³/mol. The van der Waals surface area contributed by atoms with E-state index in [4.69, 9.17) is 5.73 Å². The Kier molecular flexibility index (Phi) is 4.17. The smallest absolute Gasteiger partial charge is 0.0705 e. The third-order valence-electron chi connectivity index (χ3n) is 3.77. The van der Waals surface area contributed by atoms with Crippen LogP contribution in [0.1, 0.15) is 31.1 Å². The van der Waals surface area contributed by atoms with Gasteiger partial charge in [-0.15, -0.1) is 0 Å². The number of likely N-dealkylation sites (N-methyl/N-ethyl adjacent to an activating group) is 1. The summed E-state index contributed by atoms with van der Waals surface area (Å²) in [6, 6.07) is 11.4. The van der Waals surface area contributed by atoms with Crippen LogP contribution >= 0.6 is 0 Å². The van der Waals surface area contributed by atoms with Crippen LogP contribution in [0.4, 0.5) is 0 Å². The highest BCUT2D eigenvalue weighted by Crippen LogP contribution is 2.24. The van der Waals surface area contributed by atoms with Gasteiger partial charge in [0.25, 0.3) is 0 Å². The summed E-state index contributed by atoms with van der Waals surface area (Å²) < 4.78 is 0. The minimum Gasteiger partial charge on any atom is -0.329 e. The van der Waals surface area contributed by atoms with Crippen molar-refractivity contribution < 1.29 is 0 Å². The van der Waals surface area contributed by atoms with E-state index in [1.807, 2.05) is 6.92 Å². The van der Waals surface area contributed by atoms with Gasteiger partial charge >= 0.3 is 0 Å². The van der Waals surface area contributed by atoms with Crippen LogP contribution in [0.15, 0.2) is 30.3 Å². The third-order valence-corrected chi connectivity index (χ3v) is 3.77. The molecule has 1 heterocycles. The molecule has 3 nitrogen and oxygen atoms in total. The zero-order valence-corrected chi connectivity index (χ0v) is 12.2. The number of fused-ring (bicyclic) bond motifs is 1. The zero-order valence-electron chi connectivity index (χ0n) is 12.2. The van der Waals surface area contributed by atoms with Crippen molar-refractivity contribution in [2.24, 2.45) is 5.73 Å². The van der Waals surface area contributed by atoms with Gasteiger partial charge in [-0.05, 0) is 51.6 Å². The van der Waals surface area contributed by atoms with Gasteiger partial charge < -0.3 is 5.73 Å². The molecular weight excluding hydrogens is 234 g/mol. The number of rotatable bonds is 4. The second kappa shape index (κ2) is 5.68. The molecule has 0 saturated carbocycles. The molecule has 0 aliphatic rings. The van der Waals surface area contributed by atoms with Crippen molar-refractivity contribution in [1.82, 2.24) is 9.88 Å². The normalized spacial score (nSPS) is 13.4. The van der Waals surface area contributed by atoms with Gasteiger partial charge in [-0.25, -0.2) is 0 Å². The Balaban J connectivity index is 2.41. The van der Waals surface area contributed by atoms with E-state index in [0.717, 1.165) is 11.2 Å². The van der Waals surface area contributed by atoms with Crippen LogP contribution in [0.3, 0.4) is 0 Å². The fraction of sp³-hybridized carbons (Fsp3) is 0.438. The average Bonchev–Trinajstić information content (AvgIpc) is 2.39. The van der Waals surface area contributed by atoms with Gasteiger partial charge in [0, 0.05) is 29.7 Å². The Morgan fingerprint density at radius 2 is 1.95 bits per heavy atom. The lowest BCUT2D eigenvalue weighted by Gasteiger charge is -2.30. The highest BCUT2D eigenvalue weighted by atomic mass is 15.2. The van der Waals surface area contributed by atoms with Gasteiger partial charge in [0.1, 0.15) is 0 Å². The SMILES string of the molecule is Cc1ccc2cc(C(CN)N(C)C(C)C)ccc2n1. The van der Waals surface area contributed by atoms with E-state index in [9.17, 15) is 0 Å². The molecule has 0 radical (unpaired) electrons. The summed E-state index contributed by atoms with van der Waals surface area (Å²) in [6.45, 7) is 7.02. The molecule has 0 aliphatic carbocycles. The van der Waals surface area contributed by atoms with Gasteiger partial charge in [0.2, 0.25) is 0 Å². The first-order valence-corrected chi connectivity index (χ1v) is 6.82. The Morgan fingerprint density at radius 3 is 2.58 bits per heavy atom. The number of pyridine rings is 1. The summed E-state index contributed by atoms with van der Waals surface area (Å²) >= 11 is 0. The van der Waals surface area contributed by atoms with E-state index >= 15 is 0 Å². The molecular formula is C16H23N3. The lowest BCUT2D eigenvalue weighted by Crippen LogP contribution is -2.35. The number of aryl methyl sites for hydroxylation is 1. The molecule has 102 valence electrons. The van der Waals surface area contributed by atoms with Gasteiger partial charge in [-0.2, -0.15) is 0 Å². The van der Waals surface area contributed by atoms with Crippen molar-refractivity contribution in [3.63, 3.8) is 0 Å². The summed E-state index contributed by atoms with van der Waals surface area (Å²) in [5.41, 5.74) is 9.31. The fourth-order valence-electron chi connectivity index (χ4n) is 2.35. The lowest BCUT2D eigenvalue weighted by atomic mass is 10.0. The molecule has 1 unspecified atom stereocenters. The molecule has 0 spiro atoms. The van der Waals surface area contributed by atoms with Crippen LogP contribution in [0.25, 0.3) is 10.9 Å². The highest BCUT2D eigenvalue weighted by Gasteiger charge is 2.18. The van der Waals surface area contributed by atoms with Crippen LogP contribution in [0.2, 0.25) is 0 Å². The van der Waals surface area contributed by atoms with Crippen LogP contribution in [0.5, 0.6) is 0 Å². The van der Waals surface area contributed by atoms with Gasteiger partial charge in [0.15, 0.2) is 0 Å². The Hall–Kier alpha value is -1.45. The van der Waals surface area contributed by atoms with Crippen LogP contribution < -0.4 is 5.73 Å². The van der Waals surface area contributed by atoms with E-state index in [1.165, 1.54) is 10.9 Å². The number of aromatic nitrogens is 1. The van der Waals surface area contributed by atoms with Crippen molar-refractivity contribution in [3.8, 4) is 0 Å². The van der Waals surface area contributed by atoms with E-state index in [2.05, 4.69) is 61.1 Å². The number of benzene rings is 1. The fourth-order valence-corrected chi connectivity index (χ4v) is 2.35. The van der Waals surface area contributed by atoms with E-state index in [1.54, 1.807) is 0 Å². The molecule has 0 amide bonds. The average molecular weight is 257 g/mol. The number of hydrogen-bond donors (Lipinski definition) is 1. The minimum atomic E-state index is 0.255. The first-order valence-electron chi connectivity index (χ1n) is 6.82. The molecule has 1 aromatic carbocycles. The van der Waals surface area contributed by atoms with Crippen molar-refractivity contribution in [1.29, 1.82) is 0 Å². The van der Waals surface area contributed by atoms with Gasteiger partial charge in [-0.1, -0.05) is 12.1 Å². The highest BCUT2D eigenvalue weighted by molar-refractivity contribution is 5.79. The maximum atomic E-state index is 5.95. The summed E-state index contributed by atoms with van der Waals surface area (Å²) in [5.74, 6) is 0. The lowest BCUT2D eigenvalue weighted by molar-refractivity contribution is 0.201. The molecule has 1 aromatic heterocycles. The second-order valence-corrected chi connectivity index (χ2v) is 5.42. The summed E-state index contributed by atoms with van der Waals surface area (Å²) in [5, 5.41) is 1.18. The molecule has 0 fully saturated rings. The van der Waals surface area contributed by atoms with E-state index < -0.39 is 0 Å². The van der Waals surface area contributed by atoms with Crippen molar-refractivity contribution >= 4 is 10.9 Å². The molecule has 0 saturated heterocycles. The Labute approximate surface area is 115 Å². The monoisotopic (exact) mass is 257 g/mol. The first kappa shape index (κ1) is 14.0. The molecule has 0 bridgehead atoms. The first-order chi connectivity index (χ1) is 9.02. The number of nitrogens with zero attached hydrogens (tertiary/aromatic N) is 2. The van der Waals surface area contributed by atoms with Crippen LogP contribution in [-0.4, -0.2) is 29.5 Å².